The van der Waals surface area contributed by atoms with Crippen molar-refractivity contribution < 1.29 is 9.50 Å². The molecule has 3 nitrogen and oxygen atoms in total. The Kier molecular flexibility index (Phi) is 5.01. The van der Waals surface area contributed by atoms with Gasteiger partial charge < -0.3 is 5.11 Å². The minimum absolute atomic E-state index is 0.261. The van der Waals surface area contributed by atoms with Gasteiger partial charge >= 0.3 is 0 Å². The van der Waals surface area contributed by atoms with Gasteiger partial charge in [-0.3, -0.25) is 4.68 Å². The van der Waals surface area contributed by atoms with Gasteiger partial charge in [-0.25, -0.2) is 4.39 Å². The van der Waals surface area contributed by atoms with Crippen LogP contribution in [0.25, 0.3) is 0 Å². The number of rotatable bonds is 5. The Morgan fingerprint density at radius 1 is 1.47 bits per heavy atom. The van der Waals surface area contributed by atoms with Gasteiger partial charge in [-0.05, 0) is 35.0 Å². The third kappa shape index (κ3) is 3.38. The molecule has 0 saturated carbocycles. The highest BCUT2D eigenvalue weighted by molar-refractivity contribution is 9.10. The molecule has 19 heavy (non-hydrogen) atoms. The molecule has 0 aliphatic rings. The fourth-order valence-corrected chi connectivity index (χ4v) is 3.20. The van der Waals surface area contributed by atoms with E-state index in [1.54, 1.807) is 29.1 Å². The first-order valence-electron chi connectivity index (χ1n) is 5.90. The zero-order valence-corrected chi connectivity index (χ0v) is 12.8. The van der Waals surface area contributed by atoms with Crippen molar-refractivity contribution in [2.45, 2.75) is 24.5 Å². The highest BCUT2D eigenvalue weighted by Crippen LogP contribution is 2.30. The van der Waals surface area contributed by atoms with Crippen molar-refractivity contribution in [3.8, 4) is 0 Å². The maximum absolute atomic E-state index is 13.5. The topological polar surface area (TPSA) is 38.0 Å². The Morgan fingerprint density at radius 2 is 2.21 bits per heavy atom. The average molecular weight is 345 g/mol. The second kappa shape index (κ2) is 6.54. The van der Waals surface area contributed by atoms with Gasteiger partial charge in [-0.2, -0.15) is 5.10 Å². The molecule has 1 aromatic carbocycles. The van der Waals surface area contributed by atoms with Gasteiger partial charge in [0.25, 0.3) is 0 Å². The maximum Gasteiger partial charge on any atom is 0.136 e. The molecule has 2 rings (SSSR count). The van der Waals surface area contributed by atoms with Crippen LogP contribution in [0, 0.1) is 5.82 Å². The van der Waals surface area contributed by atoms with Crippen LogP contribution < -0.4 is 0 Å². The number of hydrogen-bond acceptors (Lipinski definition) is 3. The van der Waals surface area contributed by atoms with E-state index in [-0.39, 0.29) is 5.82 Å². The molecule has 102 valence electrons. The Balaban J connectivity index is 2.07. The number of hydrogen-bond donors (Lipinski definition) is 1. The standard InChI is InChI=1S/C13H14BrFN2OS/c1-2-17-13(9(14)7-16-17)11(18)8-19-12-6-4-3-5-10(12)15/h3-7,11,18H,2,8H2,1H3. The van der Waals surface area contributed by atoms with Crippen molar-refractivity contribution in [2.24, 2.45) is 0 Å². The van der Waals surface area contributed by atoms with E-state index in [1.165, 1.54) is 17.8 Å². The number of thioether (sulfide) groups is 1. The molecule has 0 aliphatic carbocycles. The van der Waals surface area contributed by atoms with Crippen LogP contribution in [0.5, 0.6) is 0 Å². The van der Waals surface area contributed by atoms with Gasteiger partial charge in [0.1, 0.15) is 11.9 Å². The van der Waals surface area contributed by atoms with Crippen molar-refractivity contribution >= 4 is 27.7 Å². The molecule has 0 radical (unpaired) electrons. The summed E-state index contributed by atoms with van der Waals surface area (Å²) in [6, 6.07) is 6.56. The molecule has 0 aliphatic heterocycles. The lowest BCUT2D eigenvalue weighted by Gasteiger charge is -2.13. The van der Waals surface area contributed by atoms with Gasteiger partial charge in [0.05, 0.1) is 16.4 Å². The van der Waals surface area contributed by atoms with Gasteiger partial charge in [0, 0.05) is 17.2 Å². The molecular weight excluding hydrogens is 331 g/mol. The number of nitrogens with zero attached hydrogens (tertiary/aromatic N) is 2. The molecule has 0 bridgehead atoms. The molecule has 1 aromatic heterocycles. The summed E-state index contributed by atoms with van der Waals surface area (Å²) >= 11 is 4.67. The second-order valence-electron chi connectivity index (χ2n) is 3.95. The SMILES string of the molecule is CCn1ncc(Br)c1C(O)CSc1ccccc1F. The zero-order valence-electron chi connectivity index (χ0n) is 10.4. The average Bonchev–Trinajstić information content (AvgIpc) is 2.78. The highest BCUT2D eigenvalue weighted by Gasteiger charge is 2.18. The van der Waals surface area contributed by atoms with Gasteiger partial charge in [-0.1, -0.05) is 12.1 Å². The van der Waals surface area contributed by atoms with Crippen LogP contribution in [0.3, 0.4) is 0 Å². The van der Waals surface area contributed by atoms with E-state index in [9.17, 15) is 9.50 Å². The molecule has 1 atom stereocenters. The van der Waals surface area contributed by atoms with Gasteiger partial charge in [-0.15, -0.1) is 11.8 Å². The monoisotopic (exact) mass is 344 g/mol. The fourth-order valence-electron chi connectivity index (χ4n) is 1.76. The maximum atomic E-state index is 13.5. The minimum Gasteiger partial charge on any atom is -0.386 e. The van der Waals surface area contributed by atoms with Crippen molar-refractivity contribution in [1.82, 2.24) is 9.78 Å². The van der Waals surface area contributed by atoms with Crippen LogP contribution in [0.4, 0.5) is 4.39 Å². The number of aryl methyl sites for hydroxylation is 1. The van der Waals surface area contributed by atoms with Crippen LogP contribution >= 0.6 is 27.7 Å². The van der Waals surface area contributed by atoms with E-state index in [1.807, 2.05) is 6.92 Å². The summed E-state index contributed by atoms with van der Waals surface area (Å²) in [6.07, 6.45) is 0.969. The molecule has 0 spiro atoms. The molecule has 1 unspecified atom stereocenters. The molecule has 6 heteroatoms. The van der Waals surface area contributed by atoms with E-state index in [0.29, 0.717) is 17.2 Å². The third-order valence-electron chi connectivity index (χ3n) is 2.68. The highest BCUT2D eigenvalue weighted by atomic mass is 79.9. The Morgan fingerprint density at radius 3 is 2.89 bits per heavy atom. The molecule has 0 saturated heterocycles. The molecular formula is C13H14BrFN2OS. The smallest absolute Gasteiger partial charge is 0.136 e. The molecule has 1 N–H and O–H groups in total. The van der Waals surface area contributed by atoms with Crippen LogP contribution in [0.1, 0.15) is 18.7 Å². The van der Waals surface area contributed by atoms with Crippen LogP contribution in [0.15, 0.2) is 39.8 Å². The first-order valence-corrected chi connectivity index (χ1v) is 7.68. The number of aromatic nitrogens is 2. The summed E-state index contributed by atoms with van der Waals surface area (Å²) in [6.45, 7) is 2.64. The van der Waals surface area contributed by atoms with Crippen molar-refractivity contribution in [1.29, 1.82) is 0 Å². The van der Waals surface area contributed by atoms with E-state index >= 15 is 0 Å². The van der Waals surface area contributed by atoms with E-state index < -0.39 is 6.10 Å². The normalized spacial score (nSPS) is 12.6. The summed E-state index contributed by atoms with van der Waals surface area (Å²) in [4.78, 5) is 0.542. The summed E-state index contributed by atoms with van der Waals surface area (Å²) in [5, 5.41) is 14.4. The second-order valence-corrected chi connectivity index (χ2v) is 5.87. The van der Waals surface area contributed by atoms with E-state index in [4.69, 9.17) is 0 Å². The number of aliphatic hydroxyl groups is 1. The number of halogens is 2. The lowest BCUT2D eigenvalue weighted by Crippen LogP contribution is -2.10. The van der Waals surface area contributed by atoms with Gasteiger partial charge in [0.2, 0.25) is 0 Å². The number of aliphatic hydroxyl groups excluding tert-OH is 1. The first kappa shape index (κ1) is 14.6. The van der Waals surface area contributed by atoms with E-state index in [2.05, 4.69) is 21.0 Å². The zero-order chi connectivity index (χ0) is 13.8. The van der Waals surface area contributed by atoms with Crippen molar-refractivity contribution in [3.63, 3.8) is 0 Å². The van der Waals surface area contributed by atoms with Crippen LogP contribution in [-0.2, 0) is 6.54 Å². The molecule has 0 amide bonds. The Bertz CT molecular complexity index is 561. The van der Waals surface area contributed by atoms with E-state index in [0.717, 1.165) is 10.2 Å². The predicted molar refractivity (Wildman–Crippen MR) is 77.7 cm³/mol. The molecule has 0 fully saturated rings. The summed E-state index contributed by atoms with van der Waals surface area (Å²) in [5.41, 5.74) is 0.728. The molecule has 2 aromatic rings. The van der Waals surface area contributed by atoms with Gasteiger partial charge in [0.15, 0.2) is 0 Å². The van der Waals surface area contributed by atoms with Crippen LogP contribution in [-0.4, -0.2) is 20.6 Å². The summed E-state index contributed by atoms with van der Waals surface area (Å²) in [7, 11) is 0. The Hall–Kier alpha value is -0.850. The lowest BCUT2D eigenvalue weighted by atomic mass is 10.3. The lowest BCUT2D eigenvalue weighted by molar-refractivity contribution is 0.191. The fraction of sp³-hybridized carbons (Fsp3) is 0.308. The Labute approximate surface area is 124 Å². The van der Waals surface area contributed by atoms with Crippen LogP contribution in [0.2, 0.25) is 0 Å². The summed E-state index contributed by atoms with van der Waals surface area (Å²) < 4.78 is 16.0. The van der Waals surface area contributed by atoms with Crippen molar-refractivity contribution in [2.75, 3.05) is 5.75 Å². The third-order valence-corrected chi connectivity index (χ3v) is 4.42. The first-order chi connectivity index (χ1) is 9.13. The largest absolute Gasteiger partial charge is 0.386 e. The number of benzene rings is 1. The predicted octanol–water partition coefficient (Wildman–Crippen LogP) is 3.63. The minimum atomic E-state index is -0.693. The van der Waals surface area contributed by atoms with Crippen molar-refractivity contribution in [3.05, 3.63) is 46.4 Å². The molecule has 1 heterocycles. The summed E-state index contributed by atoms with van der Waals surface area (Å²) in [5.74, 6) is 0.119. The quantitative estimate of drug-likeness (QED) is 0.841.